The Morgan fingerprint density at radius 1 is 1.29 bits per heavy atom. The highest BCUT2D eigenvalue weighted by Gasteiger charge is 2.37. The molecule has 1 aliphatic heterocycles. The average Bonchev–Trinajstić information content (AvgIpc) is 2.82. The summed E-state index contributed by atoms with van der Waals surface area (Å²) in [5, 5.41) is 5.99. The smallest absolute Gasteiger partial charge is 0.228 e. The lowest BCUT2D eigenvalue weighted by Crippen LogP contribution is -2.32. The molecule has 0 bridgehead atoms. The second kappa shape index (κ2) is 5.04. The van der Waals surface area contributed by atoms with Crippen LogP contribution in [0.3, 0.4) is 0 Å². The Morgan fingerprint density at radius 3 is 2.71 bits per heavy atom. The number of anilines is 1. The summed E-state index contributed by atoms with van der Waals surface area (Å²) in [5.74, 6) is -0.249. The van der Waals surface area contributed by atoms with Crippen LogP contribution >= 0.6 is 15.9 Å². The van der Waals surface area contributed by atoms with E-state index in [1.165, 1.54) is 4.90 Å². The number of rotatable bonds is 2. The fourth-order valence-electron chi connectivity index (χ4n) is 2.50. The van der Waals surface area contributed by atoms with Gasteiger partial charge in [0, 0.05) is 40.6 Å². The summed E-state index contributed by atoms with van der Waals surface area (Å²) in [6.45, 7) is 0.0727. The minimum absolute atomic E-state index is 0.0727. The van der Waals surface area contributed by atoms with Crippen LogP contribution in [0.25, 0.3) is 10.8 Å². The molecule has 3 rings (SSSR count). The molecule has 0 radical (unpaired) electrons. The standard InChI is InChI=1S/C13H12BrN3O3S/c14-11-1-2-12(10-6-16-4-3-9(10)11)17-7-8(5-13(17)18)21(15,19)20/h1-4,6,8H,5,7H2,(H2,15,19,20). The highest BCUT2D eigenvalue weighted by atomic mass is 79.9. The first kappa shape index (κ1) is 14.4. The fourth-order valence-corrected chi connectivity index (χ4v) is 3.71. The molecule has 2 heterocycles. The van der Waals surface area contributed by atoms with E-state index in [0.29, 0.717) is 5.69 Å². The largest absolute Gasteiger partial charge is 0.310 e. The summed E-state index contributed by atoms with van der Waals surface area (Å²) in [6, 6.07) is 5.44. The number of nitrogens with zero attached hydrogens (tertiary/aromatic N) is 2. The highest BCUT2D eigenvalue weighted by molar-refractivity contribution is 9.10. The molecule has 1 unspecified atom stereocenters. The Kier molecular flexibility index (Phi) is 3.46. The molecule has 0 aliphatic carbocycles. The third-order valence-corrected chi connectivity index (χ3v) is 5.52. The Morgan fingerprint density at radius 2 is 2.05 bits per heavy atom. The molecule has 1 fully saturated rings. The molecule has 21 heavy (non-hydrogen) atoms. The van der Waals surface area contributed by atoms with Crippen molar-refractivity contribution in [2.75, 3.05) is 11.4 Å². The second-order valence-corrected chi connectivity index (χ2v) is 7.61. The van der Waals surface area contributed by atoms with Gasteiger partial charge in [0.15, 0.2) is 0 Å². The maximum absolute atomic E-state index is 12.1. The molecule has 2 aromatic rings. The molecular formula is C13H12BrN3O3S. The number of hydrogen-bond acceptors (Lipinski definition) is 4. The number of primary sulfonamides is 1. The zero-order chi connectivity index (χ0) is 15.2. The highest BCUT2D eigenvalue weighted by Crippen LogP contribution is 2.34. The van der Waals surface area contributed by atoms with Gasteiger partial charge in [0.2, 0.25) is 15.9 Å². The summed E-state index contributed by atoms with van der Waals surface area (Å²) in [4.78, 5) is 17.7. The number of aromatic nitrogens is 1. The SMILES string of the molecule is NS(=O)(=O)C1CC(=O)N(c2ccc(Br)c3ccncc23)C1. The summed E-state index contributed by atoms with van der Waals surface area (Å²) in [7, 11) is -3.73. The molecular weight excluding hydrogens is 358 g/mol. The van der Waals surface area contributed by atoms with Crippen molar-refractivity contribution < 1.29 is 13.2 Å². The molecule has 110 valence electrons. The van der Waals surface area contributed by atoms with E-state index in [2.05, 4.69) is 20.9 Å². The lowest BCUT2D eigenvalue weighted by Gasteiger charge is -2.19. The van der Waals surface area contributed by atoms with Gasteiger partial charge in [-0.25, -0.2) is 13.6 Å². The van der Waals surface area contributed by atoms with Crippen LogP contribution < -0.4 is 10.0 Å². The topological polar surface area (TPSA) is 93.4 Å². The van der Waals surface area contributed by atoms with Gasteiger partial charge in [-0.2, -0.15) is 0 Å². The van der Waals surface area contributed by atoms with Crippen molar-refractivity contribution in [1.29, 1.82) is 0 Å². The maximum atomic E-state index is 12.1. The van der Waals surface area contributed by atoms with Crippen molar-refractivity contribution in [3.63, 3.8) is 0 Å². The number of pyridine rings is 1. The normalized spacial score (nSPS) is 19.4. The zero-order valence-corrected chi connectivity index (χ0v) is 13.3. The molecule has 0 saturated carbocycles. The summed E-state index contributed by atoms with van der Waals surface area (Å²) in [6.07, 6.45) is 3.24. The molecule has 1 aromatic carbocycles. The Hall–Kier alpha value is -1.51. The zero-order valence-electron chi connectivity index (χ0n) is 10.9. The van der Waals surface area contributed by atoms with Crippen molar-refractivity contribution in [2.24, 2.45) is 5.14 Å². The Labute approximate surface area is 130 Å². The summed E-state index contributed by atoms with van der Waals surface area (Å²) in [5.41, 5.74) is 0.650. The van der Waals surface area contributed by atoms with Crippen molar-refractivity contribution in [3.8, 4) is 0 Å². The molecule has 8 heteroatoms. The van der Waals surface area contributed by atoms with Crippen LogP contribution in [0.5, 0.6) is 0 Å². The number of carbonyl (C=O) groups is 1. The van der Waals surface area contributed by atoms with Crippen LogP contribution in [0.15, 0.2) is 35.1 Å². The first-order valence-electron chi connectivity index (χ1n) is 6.22. The van der Waals surface area contributed by atoms with Crippen molar-refractivity contribution in [2.45, 2.75) is 11.7 Å². The third kappa shape index (κ3) is 2.54. The number of fused-ring (bicyclic) bond motifs is 1. The van der Waals surface area contributed by atoms with E-state index in [9.17, 15) is 13.2 Å². The van der Waals surface area contributed by atoms with E-state index < -0.39 is 15.3 Å². The van der Waals surface area contributed by atoms with Crippen LogP contribution in [-0.2, 0) is 14.8 Å². The summed E-state index contributed by atoms with van der Waals surface area (Å²) < 4.78 is 23.8. The average molecular weight is 370 g/mol. The molecule has 1 atom stereocenters. The van der Waals surface area contributed by atoms with Gasteiger partial charge in [0.05, 0.1) is 5.69 Å². The van der Waals surface area contributed by atoms with Gasteiger partial charge in [0.25, 0.3) is 0 Å². The van der Waals surface area contributed by atoms with Gasteiger partial charge in [0.1, 0.15) is 5.25 Å². The minimum Gasteiger partial charge on any atom is -0.310 e. The van der Waals surface area contributed by atoms with Gasteiger partial charge in [-0.1, -0.05) is 15.9 Å². The molecule has 1 aromatic heterocycles. The predicted molar refractivity (Wildman–Crippen MR) is 83.3 cm³/mol. The molecule has 0 spiro atoms. The Balaban J connectivity index is 2.10. The van der Waals surface area contributed by atoms with Crippen LogP contribution in [-0.4, -0.2) is 31.1 Å². The van der Waals surface area contributed by atoms with E-state index in [1.807, 2.05) is 12.1 Å². The van der Waals surface area contributed by atoms with Gasteiger partial charge in [-0.05, 0) is 18.2 Å². The molecule has 2 N–H and O–H groups in total. The number of nitrogens with two attached hydrogens (primary N) is 1. The first-order chi connectivity index (χ1) is 9.88. The summed E-state index contributed by atoms with van der Waals surface area (Å²) >= 11 is 3.45. The molecule has 6 nitrogen and oxygen atoms in total. The van der Waals surface area contributed by atoms with Crippen LogP contribution in [0, 0.1) is 0 Å². The van der Waals surface area contributed by atoms with E-state index in [1.54, 1.807) is 18.5 Å². The number of sulfonamides is 1. The van der Waals surface area contributed by atoms with E-state index >= 15 is 0 Å². The van der Waals surface area contributed by atoms with Gasteiger partial charge < -0.3 is 4.90 Å². The Bertz CT molecular complexity index is 838. The van der Waals surface area contributed by atoms with Crippen LogP contribution in [0.2, 0.25) is 0 Å². The number of carbonyl (C=O) groups excluding carboxylic acids is 1. The minimum atomic E-state index is -3.73. The second-order valence-electron chi connectivity index (χ2n) is 4.91. The lowest BCUT2D eigenvalue weighted by atomic mass is 10.1. The number of benzene rings is 1. The monoisotopic (exact) mass is 369 g/mol. The number of amides is 1. The number of halogens is 1. The molecule has 1 saturated heterocycles. The fraction of sp³-hybridized carbons (Fsp3) is 0.231. The quantitative estimate of drug-likeness (QED) is 0.865. The predicted octanol–water partition coefficient (Wildman–Crippen LogP) is 1.39. The van der Waals surface area contributed by atoms with E-state index in [4.69, 9.17) is 5.14 Å². The van der Waals surface area contributed by atoms with Crippen molar-refractivity contribution in [1.82, 2.24) is 4.98 Å². The maximum Gasteiger partial charge on any atom is 0.228 e. The van der Waals surface area contributed by atoms with E-state index in [-0.39, 0.29) is 18.9 Å². The molecule has 1 aliphatic rings. The van der Waals surface area contributed by atoms with Gasteiger partial charge in [-0.15, -0.1) is 0 Å². The van der Waals surface area contributed by atoms with Crippen molar-refractivity contribution in [3.05, 3.63) is 35.1 Å². The lowest BCUT2D eigenvalue weighted by molar-refractivity contribution is -0.117. The van der Waals surface area contributed by atoms with Gasteiger partial charge >= 0.3 is 0 Å². The van der Waals surface area contributed by atoms with Crippen molar-refractivity contribution >= 4 is 48.3 Å². The van der Waals surface area contributed by atoms with E-state index in [0.717, 1.165) is 15.2 Å². The van der Waals surface area contributed by atoms with Crippen LogP contribution in [0.4, 0.5) is 5.69 Å². The first-order valence-corrected chi connectivity index (χ1v) is 8.62. The number of hydrogen-bond donors (Lipinski definition) is 1. The third-order valence-electron chi connectivity index (χ3n) is 3.59. The van der Waals surface area contributed by atoms with Gasteiger partial charge in [-0.3, -0.25) is 9.78 Å². The molecule has 1 amide bonds. The van der Waals surface area contributed by atoms with Crippen LogP contribution in [0.1, 0.15) is 6.42 Å².